The number of aromatic nitrogens is 3. The normalized spacial score (nSPS) is 10.4. The molecule has 0 saturated carbocycles. The lowest BCUT2D eigenvalue weighted by Crippen LogP contribution is -2.24. The summed E-state index contributed by atoms with van der Waals surface area (Å²) in [4.78, 5) is 24.3. The number of hydrogen-bond donors (Lipinski definition) is 1. The molecular weight excluding hydrogens is 276 g/mol. The number of hydrogen-bond acceptors (Lipinski definition) is 6. The van der Waals surface area contributed by atoms with Gasteiger partial charge < -0.3 is 9.73 Å². The molecule has 0 fully saturated rings. The van der Waals surface area contributed by atoms with Crippen LogP contribution in [0.1, 0.15) is 16.2 Å². The van der Waals surface area contributed by atoms with Gasteiger partial charge in [-0.15, -0.1) is 11.3 Å². The number of nitrogens with one attached hydrogen (secondary N) is 1. The fourth-order valence-electron chi connectivity index (χ4n) is 1.69. The Morgan fingerprint density at radius 1 is 1.30 bits per heavy atom. The number of carbonyl (C=O) groups excluding carboxylic acids is 1. The van der Waals surface area contributed by atoms with Crippen molar-refractivity contribution in [3.05, 3.63) is 53.1 Å². The van der Waals surface area contributed by atoms with Gasteiger partial charge in [0.05, 0.1) is 24.0 Å². The Morgan fingerprint density at radius 2 is 2.20 bits per heavy atom. The Labute approximate surface area is 118 Å². The molecule has 0 aromatic carbocycles. The molecule has 1 N–H and O–H groups in total. The van der Waals surface area contributed by atoms with Crippen molar-refractivity contribution >= 4 is 17.2 Å². The summed E-state index contributed by atoms with van der Waals surface area (Å²) in [6.45, 7) is 0.264. The van der Waals surface area contributed by atoms with Crippen LogP contribution < -0.4 is 5.32 Å². The van der Waals surface area contributed by atoms with E-state index in [2.05, 4.69) is 20.3 Å². The van der Waals surface area contributed by atoms with Crippen LogP contribution in [-0.2, 0) is 6.54 Å². The highest BCUT2D eigenvalue weighted by Gasteiger charge is 2.12. The molecule has 3 aromatic rings. The van der Waals surface area contributed by atoms with Crippen LogP contribution in [0.3, 0.4) is 0 Å². The second-order valence-electron chi connectivity index (χ2n) is 3.89. The van der Waals surface area contributed by atoms with Crippen molar-refractivity contribution in [1.82, 2.24) is 20.3 Å². The Hall–Kier alpha value is -2.54. The van der Waals surface area contributed by atoms with Crippen LogP contribution in [0.4, 0.5) is 0 Å². The first-order chi connectivity index (χ1) is 9.84. The molecule has 6 nitrogen and oxygen atoms in total. The van der Waals surface area contributed by atoms with Gasteiger partial charge in [-0.3, -0.25) is 9.78 Å². The summed E-state index contributed by atoms with van der Waals surface area (Å²) in [5.41, 5.74) is 3.28. The second-order valence-corrected chi connectivity index (χ2v) is 4.60. The van der Waals surface area contributed by atoms with Gasteiger partial charge in [0.1, 0.15) is 11.4 Å². The zero-order chi connectivity index (χ0) is 13.8. The molecule has 0 bridgehead atoms. The smallest absolute Gasteiger partial charge is 0.271 e. The molecule has 3 rings (SSSR count). The maximum atomic E-state index is 11.8. The maximum absolute atomic E-state index is 11.8. The van der Waals surface area contributed by atoms with Crippen LogP contribution in [0.5, 0.6) is 0 Å². The average molecular weight is 286 g/mol. The minimum atomic E-state index is -0.234. The lowest BCUT2D eigenvalue weighted by Gasteiger charge is -2.06. The van der Waals surface area contributed by atoms with Gasteiger partial charge in [-0.1, -0.05) is 0 Å². The number of rotatable bonds is 4. The number of furan rings is 1. The Kier molecular flexibility index (Phi) is 3.51. The first kappa shape index (κ1) is 12.5. The minimum absolute atomic E-state index is 0.234. The number of thiazole rings is 1. The van der Waals surface area contributed by atoms with Gasteiger partial charge in [0.25, 0.3) is 5.91 Å². The van der Waals surface area contributed by atoms with Crippen molar-refractivity contribution in [2.24, 2.45) is 0 Å². The van der Waals surface area contributed by atoms with E-state index >= 15 is 0 Å². The highest BCUT2D eigenvalue weighted by Crippen LogP contribution is 2.19. The zero-order valence-electron chi connectivity index (χ0n) is 10.3. The molecule has 0 aliphatic rings. The summed E-state index contributed by atoms with van der Waals surface area (Å²) in [7, 11) is 0. The molecule has 7 heteroatoms. The van der Waals surface area contributed by atoms with Crippen molar-refractivity contribution in [1.29, 1.82) is 0 Å². The zero-order valence-corrected chi connectivity index (χ0v) is 11.1. The fourth-order valence-corrected chi connectivity index (χ4v) is 2.23. The molecule has 0 radical (unpaired) electrons. The molecule has 1 amide bonds. The van der Waals surface area contributed by atoms with E-state index in [1.54, 1.807) is 41.7 Å². The van der Waals surface area contributed by atoms with Gasteiger partial charge in [0.15, 0.2) is 5.76 Å². The molecule has 0 aliphatic heterocycles. The quantitative estimate of drug-likeness (QED) is 0.794. The largest absolute Gasteiger partial charge is 0.463 e. The summed E-state index contributed by atoms with van der Waals surface area (Å²) in [5, 5.41) is 4.46. The summed E-state index contributed by atoms with van der Waals surface area (Å²) in [6.07, 6.45) is 4.74. The average Bonchev–Trinajstić information content (AvgIpc) is 3.17. The topological polar surface area (TPSA) is 80.9 Å². The third-order valence-corrected chi connectivity index (χ3v) is 3.20. The number of amides is 1. The summed E-state index contributed by atoms with van der Waals surface area (Å²) < 4.78 is 5.31. The van der Waals surface area contributed by atoms with Crippen molar-refractivity contribution in [2.45, 2.75) is 6.54 Å². The van der Waals surface area contributed by atoms with E-state index in [1.807, 2.05) is 0 Å². The van der Waals surface area contributed by atoms with E-state index in [-0.39, 0.29) is 12.5 Å². The van der Waals surface area contributed by atoms with Crippen molar-refractivity contribution in [3.8, 4) is 11.5 Å². The first-order valence-electron chi connectivity index (χ1n) is 5.85. The first-order valence-corrected chi connectivity index (χ1v) is 6.79. The van der Waals surface area contributed by atoms with E-state index in [0.717, 1.165) is 0 Å². The number of nitrogens with zero attached hydrogens (tertiary/aromatic N) is 3. The molecule has 3 aromatic heterocycles. The molecular formula is C13H10N4O2S. The molecule has 0 atom stereocenters. The van der Waals surface area contributed by atoms with Crippen LogP contribution in [0, 0.1) is 0 Å². The molecule has 0 spiro atoms. The molecule has 20 heavy (non-hydrogen) atoms. The van der Waals surface area contributed by atoms with Crippen LogP contribution in [0.15, 0.2) is 46.1 Å². The van der Waals surface area contributed by atoms with Crippen LogP contribution in [0.25, 0.3) is 11.5 Å². The summed E-state index contributed by atoms with van der Waals surface area (Å²) in [6, 6.07) is 3.58. The minimum Gasteiger partial charge on any atom is -0.463 e. The lowest BCUT2D eigenvalue weighted by atomic mass is 10.2. The van der Waals surface area contributed by atoms with Gasteiger partial charge in [-0.25, -0.2) is 9.97 Å². The van der Waals surface area contributed by atoms with Crippen molar-refractivity contribution in [2.75, 3.05) is 0 Å². The maximum Gasteiger partial charge on any atom is 0.271 e. The molecule has 0 saturated heterocycles. The Bertz CT molecular complexity index is 695. The Morgan fingerprint density at radius 3 is 2.95 bits per heavy atom. The highest BCUT2D eigenvalue weighted by atomic mass is 32.1. The third kappa shape index (κ3) is 2.57. The van der Waals surface area contributed by atoms with E-state index in [0.29, 0.717) is 22.8 Å². The predicted molar refractivity (Wildman–Crippen MR) is 73.0 cm³/mol. The van der Waals surface area contributed by atoms with Crippen LogP contribution >= 0.6 is 11.3 Å². The van der Waals surface area contributed by atoms with Gasteiger partial charge in [0.2, 0.25) is 0 Å². The number of carbonyl (C=O) groups is 1. The highest BCUT2D eigenvalue weighted by molar-refractivity contribution is 7.07. The summed E-state index contributed by atoms with van der Waals surface area (Å²) >= 11 is 1.38. The van der Waals surface area contributed by atoms with E-state index < -0.39 is 0 Å². The SMILES string of the molecule is O=C(NCc1nccnc1-c1ccco1)c1cscn1. The molecule has 100 valence electrons. The van der Waals surface area contributed by atoms with Gasteiger partial charge in [-0.05, 0) is 12.1 Å². The van der Waals surface area contributed by atoms with Gasteiger partial charge in [-0.2, -0.15) is 0 Å². The second kappa shape index (κ2) is 5.62. The molecule has 3 heterocycles. The third-order valence-electron chi connectivity index (χ3n) is 2.61. The molecule has 0 aliphatic carbocycles. The predicted octanol–water partition coefficient (Wildman–Crippen LogP) is 2.12. The van der Waals surface area contributed by atoms with Crippen molar-refractivity contribution < 1.29 is 9.21 Å². The van der Waals surface area contributed by atoms with Crippen LogP contribution in [0.2, 0.25) is 0 Å². The monoisotopic (exact) mass is 286 g/mol. The van der Waals surface area contributed by atoms with Crippen molar-refractivity contribution in [3.63, 3.8) is 0 Å². The van der Waals surface area contributed by atoms with E-state index in [9.17, 15) is 4.79 Å². The molecule has 0 unspecified atom stereocenters. The lowest BCUT2D eigenvalue weighted by molar-refractivity contribution is 0.0946. The van der Waals surface area contributed by atoms with Gasteiger partial charge in [0, 0.05) is 17.8 Å². The fraction of sp³-hybridized carbons (Fsp3) is 0.0769. The van der Waals surface area contributed by atoms with Gasteiger partial charge >= 0.3 is 0 Å². The Balaban J connectivity index is 1.77. The van der Waals surface area contributed by atoms with Crippen LogP contribution in [-0.4, -0.2) is 20.9 Å². The van der Waals surface area contributed by atoms with E-state index in [4.69, 9.17) is 4.42 Å². The standard InChI is InChI=1S/C13H10N4O2S/c18-13(10-7-20-8-17-10)16-6-9-12(15-4-3-14-9)11-2-1-5-19-11/h1-5,7-8H,6H2,(H,16,18). The summed E-state index contributed by atoms with van der Waals surface area (Å²) in [5.74, 6) is 0.387. The van der Waals surface area contributed by atoms with E-state index in [1.165, 1.54) is 11.3 Å².